The number of aliphatic carboxylic acids is 1. The molecule has 30 heavy (non-hydrogen) atoms. The van der Waals surface area contributed by atoms with Crippen molar-refractivity contribution in [3.05, 3.63) is 83.6 Å². The van der Waals surface area contributed by atoms with E-state index < -0.39 is 23.0 Å². The molecule has 0 amide bonds. The first-order chi connectivity index (χ1) is 14.6. The molecule has 2 aromatic carbocycles. The maximum atomic E-state index is 13.1. The number of aromatic nitrogens is 1. The van der Waals surface area contributed by atoms with Gasteiger partial charge in [0.05, 0.1) is 16.5 Å². The van der Waals surface area contributed by atoms with Gasteiger partial charge in [0.25, 0.3) is 0 Å². The van der Waals surface area contributed by atoms with Gasteiger partial charge in [0.15, 0.2) is 0 Å². The lowest BCUT2D eigenvalue weighted by Gasteiger charge is -2.33. The second-order valence-electron chi connectivity index (χ2n) is 6.65. The zero-order valence-electron chi connectivity index (χ0n) is 15.8. The molecule has 8 heteroatoms. The lowest BCUT2D eigenvalue weighted by atomic mass is 9.94. The molecule has 1 aliphatic rings. The van der Waals surface area contributed by atoms with Crippen LogP contribution in [0.5, 0.6) is 11.6 Å². The van der Waals surface area contributed by atoms with Crippen molar-refractivity contribution in [2.75, 3.05) is 6.54 Å². The smallest absolute Gasteiger partial charge is 0.326 e. The predicted molar refractivity (Wildman–Crippen MR) is 109 cm³/mol. The van der Waals surface area contributed by atoms with E-state index in [-0.39, 0.29) is 0 Å². The Morgan fingerprint density at radius 2 is 1.93 bits per heavy atom. The standard InChI is InChI=1S/C22H17N3O4S/c23-13-15-5-7-17(8-6-15)29-20-10-9-18(14-24-20)30(28)25-12-11-16-3-1-2-4-19(16)21(25)22(26)27/h1-10,14,21H,11-12H2,(H,26,27). The minimum Gasteiger partial charge on any atom is -0.480 e. The number of rotatable bonds is 5. The number of hydrogen-bond donors (Lipinski definition) is 1. The fraction of sp³-hybridized carbons (Fsp3) is 0.136. The SMILES string of the molecule is N#Cc1ccc(Oc2ccc(S(=O)N3CCc4ccccc4C3C(=O)O)cn2)cc1. The summed E-state index contributed by atoms with van der Waals surface area (Å²) in [4.78, 5) is 16.5. The molecule has 0 radical (unpaired) electrons. The Kier molecular flexibility index (Phi) is 5.57. The van der Waals surface area contributed by atoms with Crippen LogP contribution < -0.4 is 4.74 Å². The summed E-state index contributed by atoms with van der Waals surface area (Å²) in [6.45, 7) is 0.365. The minimum absolute atomic E-state index is 0.305. The van der Waals surface area contributed by atoms with Crippen molar-refractivity contribution in [3.8, 4) is 17.7 Å². The topological polar surface area (TPSA) is 104 Å². The molecule has 2 heterocycles. The van der Waals surface area contributed by atoms with Crippen LogP contribution in [0.15, 0.2) is 71.8 Å². The van der Waals surface area contributed by atoms with Crippen LogP contribution in [0, 0.1) is 11.3 Å². The molecule has 0 aliphatic carbocycles. The normalized spacial score (nSPS) is 16.8. The minimum atomic E-state index is -1.69. The van der Waals surface area contributed by atoms with Crippen molar-refractivity contribution in [1.29, 1.82) is 5.26 Å². The maximum Gasteiger partial charge on any atom is 0.326 e. The fourth-order valence-corrected chi connectivity index (χ4v) is 4.61. The van der Waals surface area contributed by atoms with Gasteiger partial charge in [-0.15, -0.1) is 0 Å². The van der Waals surface area contributed by atoms with Crippen molar-refractivity contribution in [2.24, 2.45) is 0 Å². The van der Waals surface area contributed by atoms with E-state index in [9.17, 15) is 14.1 Å². The number of benzene rings is 2. The van der Waals surface area contributed by atoms with E-state index in [0.717, 1.165) is 5.56 Å². The summed E-state index contributed by atoms with van der Waals surface area (Å²) in [6.07, 6.45) is 2.05. The number of nitriles is 1. The highest BCUT2D eigenvalue weighted by molar-refractivity contribution is 7.82. The van der Waals surface area contributed by atoms with E-state index in [1.165, 1.54) is 10.5 Å². The number of nitrogens with zero attached hydrogens (tertiary/aromatic N) is 3. The highest BCUT2D eigenvalue weighted by Gasteiger charge is 2.36. The zero-order chi connectivity index (χ0) is 21.1. The third-order valence-corrected chi connectivity index (χ3v) is 6.27. The summed E-state index contributed by atoms with van der Waals surface area (Å²) in [5.41, 5.74) is 2.15. The Morgan fingerprint density at radius 3 is 2.60 bits per heavy atom. The second-order valence-corrected chi connectivity index (χ2v) is 8.09. The van der Waals surface area contributed by atoms with Crippen molar-refractivity contribution in [1.82, 2.24) is 9.29 Å². The summed E-state index contributed by atoms with van der Waals surface area (Å²) in [6, 6.07) is 18.2. The molecule has 1 aromatic heterocycles. The van der Waals surface area contributed by atoms with Crippen LogP contribution in [0.1, 0.15) is 22.7 Å². The fourth-order valence-electron chi connectivity index (χ4n) is 3.36. The molecule has 2 atom stereocenters. The van der Waals surface area contributed by atoms with Crippen LogP contribution >= 0.6 is 0 Å². The molecular weight excluding hydrogens is 402 g/mol. The molecule has 0 saturated carbocycles. The summed E-state index contributed by atoms with van der Waals surface area (Å²) < 4.78 is 20.2. The largest absolute Gasteiger partial charge is 0.480 e. The van der Waals surface area contributed by atoms with Gasteiger partial charge in [-0.25, -0.2) is 13.5 Å². The third kappa shape index (κ3) is 3.94. The summed E-state index contributed by atoms with van der Waals surface area (Å²) >= 11 is 0. The number of fused-ring (bicyclic) bond motifs is 1. The number of carboxylic acids is 1. The number of carbonyl (C=O) groups is 1. The molecule has 0 bridgehead atoms. The molecule has 3 aromatic rings. The third-order valence-electron chi connectivity index (χ3n) is 4.80. The summed E-state index contributed by atoms with van der Waals surface area (Å²) in [5, 5.41) is 18.6. The Balaban J connectivity index is 1.53. The van der Waals surface area contributed by atoms with Gasteiger partial charge in [-0.3, -0.25) is 4.79 Å². The number of ether oxygens (including phenoxy) is 1. The van der Waals surface area contributed by atoms with Crippen LogP contribution in [-0.4, -0.2) is 31.1 Å². The Hall–Kier alpha value is -3.54. The molecule has 0 spiro atoms. The van der Waals surface area contributed by atoms with E-state index in [1.807, 2.05) is 18.2 Å². The van der Waals surface area contributed by atoms with Crippen molar-refractivity contribution in [3.63, 3.8) is 0 Å². The van der Waals surface area contributed by atoms with Gasteiger partial charge in [0.1, 0.15) is 22.8 Å². The van der Waals surface area contributed by atoms with Crippen LogP contribution in [0.2, 0.25) is 0 Å². The van der Waals surface area contributed by atoms with Gasteiger partial charge in [-0.05, 0) is 47.9 Å². The van der Waals surface area contributed by atoms with E-state index in [2.05, 4.69) is 4.98 Å². The van der Waals surface area contributed by atoms with Gasteiger partial charge in [0, 0.05) is 18.8 Å². The highest BCUT2D eigenvalue weighted by atomic mass is 32.2. The molecule has 1 aliphatic heterocycles. The van der Waals surface area contributed by atoms with Gasteiger partial charge in [0.2, 0.25) is 5.88 Å². The maximum absolute atomic E-state index is 13.1. The quantitative estimate of drug-likeness (QED) is 0.679. The van der Waals surface area contributed by atoms with Crippen LogP contribution in [-0.2, 0) is 22.2 Å². The van der Waals surface area contributed by atoms with Crippen molar-refractivity contribution in [2.45, 2.75) is 17.4 Å². The van der Waals surface area contributed by atoms with Crippen LogP contribution in [0.25, 0.3) is 0 Å². The van der Waals surface area contributed by atoms with Crippen molar-refractivity contribution >= 4 is 17.0 Å². The molecule has 2 unspecified atom stereocenters. The number of carboxylic acid groups (broad SMARTS) is 1. The van der Waals surface area contributed by atoms with E-state index in [0.29, 0.717) is 40.6 Å². The van der Waals surface area contributed by atoms with Gasteiger partial charge >= 0.3 is 5.97 Å². The second kappa shape index (κ2) is 8.45. The molecule has 4 rings (SSSR count). The lowest BCUT2D eigenvalue weighted by molar-refractivity contribution is -0.141. The Morgan fingerprint density at radius 1 is 1.17 bits per heavy atom. The number of pyridine rings is 1. The summed E-state index contributed by atoms with van der Waals surface area (Å²) in [5.74, 6) is -0.211. The molecule has 1 N–H and O–H groups in total. The van der Waals surface area contributed by atoms with E-state index in [1.54, 1.807) is 48.5 Å². The first-order valence-electron chi connectivity index (χ1n) is 9.20. The van der Waals surface area contributed by atoms with Crippen LogP contribution in [0.3, 0.4) is 0 Å². The van der Waals surface area contributed by atoms with Crippen molar-refractivity contribution < 1.29 is 18.8 Å². The zero-order valence-corrected chi connectivity index (χ0v) is 16.6. The average Bonchev–Trinajstić information content (AvgIpc) is 2.78. The molecule has 150 valence electrons. The molecule has 0 saturated heterocycles. The number of hydrogen-bond acceptors (Lipinski definition) is 5. The van der Waals surface area contributed by atoms with E-state index in [4.69, 9.17) is 10.00 Å². The van der Waals surface area contributed by atoms with Gasteiger partial charge < -0.3 is 9.84 Å². The monoisotopic (exact) mass is 419 g/mol. The molecule has 7 nitrogen and oxygen atoms in total. The van der Waals surface area contributed by atoms with E-state index >= 15 is 0 Å². The Bertz CT molecular complexity index is 1140. The lowest BCUT2D eigenvalue weighted by Crippen LogP contribution is -2.40. The highest BCUT2D eigenvalue weighted by Crippen LogP contribution is 2.33. The Labute approximate surface area is 175 Å². The predicted octanol–water partition coefficient (Wildman–Crippen LogP) is 3.45. The van der Waals surface area contributed by atoms with Gasteiger partial charge in [-0.1, -0.05) is 24.3 Å². The first kappa shape index (κ1) is 19.8. The van der Waals surface area contributed by atoms with Crippen LogP contribution in [0.4, 0.5) is 0 Å². The van der Waals surface area contributed by atoms with Gasteiger partial charge in [-0.2, -0.15) is 5.26 Å². The molecular formula is C22H17N3O4S. The average molecular weight is 419 g/mol. The first-order valence-corrected chi connectivity index (χ1v) is 10.3. The summed E-state index contributed by atoms with van der Waals surface area (Å²) in [7, 11) is -1.69. The molecule has 0 fully saturated rings.